The quantitative estimate of drug-likeness (QED) is 0.434. The van der Waals surface area contributed by atoms with E-state index in [0.29, 0.717) is 6.42 Å². The predicted molar refractivity (Wildman–Crippen MR) is 24.1 cm³/mol. The van der Waals surface area contributed by atoms with Crippen molar-refractivity contribution in [1.29, 1.82) is 0 Å². The van der Waals surface area contributed by atoms with Crippen molar-refractivity contribution in [1.82, 2.24) is 0 Å². The highest BCUT2D eigenvalue weighted by Gasteiger charge is 2.02. The first-order valence-corrected chi connectivity index (χ1v) is 2.21. The van der Waals surface area contributed by atoms with E-state index < -0.39 is 6.29 Å². The Morgan fingerprint density at radius 3 is 2.86 bits per heavy atom. The molecule has 1 aliphatic heterocycles. The van der Waals surface area contributed by atoms with Crippen molar-refractivity contribution in [2.24, 2.45) is 0 Å². The van der Waals surface area contributed by atoms with E-state index in [0.717, 1.165) is 6.42 Å². The zero-order valence-corrected chi connectivity index (χ0v) is 3.85. The van der Waals surface area contributed by atoms with Crippen LogP contribution in [0.4, 0.5) is 0 Å². The van der Waals surface area contributed by atoms with E-state index in [1.807, 2.05) is 0 Å². The van der Waals surface area contributed by atoms with Gasteiger partial charge >= 0.3 is 0 Å². The smallest absolute Gasteiger partial charge is 0.208 e. The summed E-state index contributed by atoms with van der Waals surface area (Å²) in [5.74, 6) is 2.68. The number of hydrogen-bond donors (Lipinski definition) is 1. The summed E-state index contributed by atoms with van der Waals surface area (Å²) in [6.45, 7) is 0. The molecule has 7 heavy (non-hydrogen) atoms. The van der Waals surface area contributed by atoms with Crippen molar-refractivity contribution in [3.63, 3.8) is 0 Å². The van der Waals surface area contributed by atoms with Crippen molar-refractivity contribution in [3.8, 4) is 12.0 Å². The first-order valence-electron chi connectivity index (χ1n) is 2.21. The Hall–Kier alpha value is -0.680. The molecule has 1 N–H and O–H groups in total. The summed E-state index contributed by atoms with van der Waals surface area (Å²) in [5.41, 5.74) is 0. The predicted octanol–water partition coefficient (Wildman–Crippen LogP) is 0.0761. The first kappa shape index (κ1) is 4.48. The third-order valence-corrected chi connectivity index (χ3v) is 0.783. The van der Waals surface area contributed by atoms with Crippen LogP contribution in [0.2, 0.25) is 0 Å². The van der Waals surface area contributed by atoms with E-state index in [1.54, 1.807) is 0 Å². The molecule has 2 heteroatoms. The molecule has 0 aromatic carbocycles. The topological polar surface area (TPSA) is 29.5 Å². The van der Waals surface area contributed by atoms with Gasteiger partial charge in [0, 0.05) is 12.8 Å². The molecular formula is C5H6O2. The molecule has 0 unspecified atom stereocenters. The summed E-state index contributed by atoms with van der Waals surface area (Å²) in [6, 6.07) is 0. The van der Waals surface area contributed by atoms with E-state index in [9.17, 15) is 0 Å². The van der Waals surface area contributed by atoms with Gasteiger partial charge in [0.25, 0.3) is 0 Å². The minimum Gasteiger partial charge on any atom is -0.415 e. The molecule has 2 nitrogen and oxygen atoms in total. The Kier molecular flexibility index (Phi) is 1.19. The molecular weight excluding hydrogens is 92.1 g/mol. The van der Waals surface area contributed by atoms with Crippen LogP contribution in [0.15, 0.2) is 0 Å². The Balaban J connectivity index is 2.39. The lowest BCUT2D eigenvalue weighted by Crippen LogP contribution is -2.10. The Morgan fingerprint density at radius 2 is 2.57 bits per heavy atom. The van der Waals surface area contributed by atoms with Gasteiger partial charge < -0.3 is 9.84 Å². The van der Waals surface area contributed by atoms with Crippen LogP contribution >= 0.6 is 0 Å². The summed E-state index contributed by atoms with van der Waals surface area (Å²) < 4.78 is 4.47. The maximum Gasteiger partial charge on any atom is 0.208 e. The fourth-order valence-corrected chi connectivity index (χ4v) is 0.415. The highest BCUT2D eigenvalue weighted by atomic mass is 16.6. The van der Waals surface area contributed by atoms with Gasteiger partial charge in [0.1, 0.15) is 6.11 Å². The van der Waals surface area contributed by atoms with Gasteiger partial charge in [-0.25, -0.2) is 0 Å². The SMILES string of the molecule is O[C@@H]1CCC#CO1. The summed E-state index contributed by atoms with van der Waals surface area (Å²) in [5, 5.41) is 8.58. The molecule has 38 valence electrons. The van der Waals surface area contributed by atoms with Gasteiger partial charge in [0.05, 0.1) is 0 Å². The molecule has 0 radical (unpaired) electrons. The average Bonchev–Trinajstić information content (AvgIpc) is 1.69. The molecule has 0 aliphatic carbocycles. The van der Waals surface area contributed by atoms with Crippen LogP contribution in [0.5, 0.6) is 0 Å². The first-order chi connectivity index (χ1) is 3.39. The lowest BCUT2D eigenvalue weighted by molar-refractivity contribution is -0.0482. The summed E-state index contributed by atoms with van der Waals surface area (Å²) in [4.78, 5) is 0. The van der Waals surface area contributed by atoms with E-state index in [-0.39, 0.29) is 0 Å². The van der Waals surface area contributed by atoms with Gasteiger partial charge in [0.2, 0.25) is 6.29 Å². The minimum atomic E-state index is -0.638. The van der Waals surface area contributed by atoms with Crippen LogP contribution in [-0.2, 0) is 4.74 Å². The molecule has 0 amide bonds. The number of hydrogen-bond acceptors (Lipinski definition) is 2. The van der Waals surface area contributed by atoms with Crippen LogP contribution in [0, 0.1) is 12.0 Å². The van der Waals surface area contributed by atoms with Gasteiger partial charge in [-0.05, 0) is 0 Å². The molecule has 0 saturated carbocycles. The Bertz CT molecular complexity index is 109. The van der Waals surface area contributed by atoms with Gasteiger partial charge in [0.15, 0.2) is 0 Å². The maximum absolute atomic E-state index is 8.58. The summed E-state index contributed by atoms with van der Waals surface area (Å²) in [6.07, 6.45) is 3.09. The third kappa shape index (κ3) is 1.09. The van der Waals surface area contributed by atoms with Crippen molar-refractivity contribution in [2.45, 2.75) is 19.1 Å². The number of aliphatic hydroxyl groups is 1. The highest BCUT2D eigenvalue weighted by Crippen LogP contribution is 2.00. The zero-order chi connectivity index (χ0) is 5.11. The molecule has 0 spiro atoms. The normalized spacial score (nSPS) is 27.3. The van der Waals surface area contributed by atoms with Crippen molar-refractivity contribution in [3.05, 3.63) is 0 Å². The number of aliphatic hydroxyl groups excluding tert-OH is 1. The van der Waals surface area contributed by atoms with Crippen LogP contribution in [0.1, 0.15) is 12.8 Å². The molecule has 1 aliphatic rings. The molecule has 0 fully saturated rings. The van der Waals surface area contributed by atoms with E-state index in [4.69, 9.17) is 5.11 Å². The second-order valence-corrected chi connectivity index (χ2v) is 1.39. The van der Waals surface area contributed by atoms with Gasteiger partial charge in [-0.3, -0.25) is 0 Å². The third-order valence-electron chi connectivity index (χ3n) is 0.783. The standard InChI is InChI=1S/C5H6O2/c6-5-3-1-2-4-7-5/h5-6H,1,3H2/t5-/m0/s1. The molecule has 1 heterocycles. The van der Waals surface area contributed by atoms with Crippen LogP contribution in [0.25, 0.3) is 0 Å². The Morgan fingerprint density at radius 1 is 1.71 bits per heavy atom. The van der Waals surface area contributed by atoms with E-state index in [1.165, 1.54) is 0 Å². The molecule has 1 rings (SSSR count). The fourth-order valence-electron chi connectivity index (χ4n) is 0.415. The van der Waals surface area contributed by atoms with Crippen LogP contribution in [0.3, 0.4) is 0 Å². The van der Waals surface area contributed by atoms with E-state index >= 15 is 0 Å². The largest absolute Gasteiger partial charge is 0.415 e. The lowest BCUT2D eigenvalue weighted by Gasteiger charge is -2.07. The number of rotatable bonds is 0. The van der Waals surface area contributed by atoms with Crippen molar-refractivity contribution < 1.29 is 9.84 Å². The molecule has 0 saturated heterocycles. The Labute approximate surface area is 42.1 Å². The second kappa shape index (κ2) is 1.85. The molecule has 0 bridgehead atoms. The minimum absolute atomic E-state index is 0.638. The molecule has 0 aromatic heterocycles. The van der Waals surface area contributed by atoms with Gasteiger partial charge in [-0.1, -0.05) is 5.92 Å². The van der Waals surface area contributed by atoms with Crippen molar-refractivity contribution >= 4 is 0 Å². The fraction of sp³-hybridized carbons (Fsp3) is 0.600. The second-order valence-electron chi connectivity index (χ2n) is 1.39. The zero-order valence-electron chi connectivity index (χ0n) is 3.85. The summed E-state index contributed by atoms with van der Waals surface area (Å²) >= 11 is 0. The van der Waals surface area contributed by atoms with Crippen molar-refractivity contribution in [2.75, 3.05) is 0 Å². The summed E-state index contributed by atoms with van der Waals surface area (Å²) in [7, 11) is 0. The highest BCUT2D eigenvalue weighted by molar-refractivity contribution is 4.94. The molecule has 0 aromatic rings. The molecule has 1 atom stereocenters. The lowest BCUT2D eigenvalue weighted by atomic mass is 10.3. The van der Waals surface area contributed by atoms with Gasteiger partial charge in [-0.2, -0.15) is 0 Å². The van der Waals surface area contributed by atoms with Crippen LogP contribution < -0.4 is 0 Å². The maximum atomic E-state index is 8.58. The monoisotopic (exact) mass is 98.0 g/mol. The van der Waals surface area contributed by atoms with Crippen LogP contribution in [-0.4, -0.2) is 11.4 Å². The number of ether oxygens (including phenoxy) is 1. The van der Waals surface area contributed by atoms with E-state index in [2.05, 4.69) is 16.8 Å². The van der Waals surface area contributed by atoms with Gasteiger partial charge in [-0.15, -0.1) is 0 Å². The average molecular weight is 98.1 g/mol.